The van der Waals surface area contributed by atoms with Crippen LogP contribution in [0.25, 0.3) is 22.3 Å². The Morgan fingerprint density at radius 3 is 2.25 bits per heavy atom. The van der Waals surface area contributed by atoms with Gasteiger partial charge in [0.05, 0.1) is 5.69 Å². The fourth-order valence-corrected chi connectivity index (χ4v) is 2.35. The number of nitrogens with two attached hydrogens (primary N) is 1. The summed E-state index contributed by atoms with van der Waals surface area (Å²) >= 11 is 0. The number of hydrogen-bond acceptors (Lipinski definition) is 2. The molecular formula is C18H15N2. The van der Waals surface area contributed by atoms with Gasteiger partial charge in [0, 0.05) is 5.56 Å². The van der Waals surface area contributed by atoms with Gasteiger partial charge in [-0.05, 0) is 28.8 Å². The van der Waals surface area contributed by atoms with Crippen LogP contribution in [-0.4, -0.2) is 0 Å². The van der Waals surface area contributed by atoms with Crippen LogP contribution in [0.1, 0.15) is 0 Å². The summed E-state index contributed by atoms with van der Waals surface area (Å²) in [7, 11) is 0. The normalized spacial score (nSPS) is 10.2. The van der Waals surface area contributed by atoms with Crippen LogP contribution in [0.3, 0.4) is 0 Å². The lowest BCUT2D eigenvalue weighted by Crippen LogP contribution is -2.07. The summed E-state index contributed by atoms with van der Waals surface area (Å²) in [5, 5.41) is 0. The minimum absolute atomic E-state index is 0.907. The average Bonchev–Trinajstić information content (AvgIpc) is 2.55. The highest BCUT2D eigenvalue weighted by atomic mass is 15.2. The summed E-state index contributed by atoms with van der Waals surface area (Å²) < 4.78 is 0. The fraction of sp³-hybridized carbons (Fsp3) is 0. The second kappa shape index (κ2) is 5.59. The minimum Gasteiger partial charge on any atom is -0.324 e. The Bertz CT molecular complexity index is 705. The van der Waals surface area contributed by atoms with Gasteiger partial charge < -0.3 is 5.43 Å². The van der Waals surface area contributed by atoms with Crippen molar-refractivity contribution >= 4 is 5.69 Å². The van der Waals surface area contributed by atoms with Crippen molar-refractivity contribution in [2.75, 3.05) is 5.43 Å². The topological polar surface area (TPSA) is 38.0 Å². The van der Waals surface area contributed by atoms with E-state index >= 15 is 0 Å². The quantitative estimate of drug-likeness (QED) is 0.549. The molecule has 3 N–H and O–H groups in total. The summed E-state index contributed by atoms with van der Waals surface area (Å²) in [6.45, 7) is 0. The molecule has 0 unspecified atom stereocenters. The fourth-order valence-electron chi connectivity index (χ4n) is 2.35. The third-order valence-electron chi connectivity index (χ3n) is 3.29. The van der Waals surface area contributed by atoms with E-state index in [0.29, 0.717) is 0 Å². The van der Waals surface area contributed by atoms with Gasteiger partial charge in [-0.15, -0.1) is 0 Å². The molecule has 0 aliphatic rings. The molecule has 0 heterocycles. The van der Waals surface area contributed by atoms with Crippen molar-refractivity contribution in [3.8, 4) is 22.3 Å². The zero-order valence-corrected chi connectivity index (χ0v) is 11.0. The van der Waals surface area contributed by atoms with Crippen molar-refractivity contribution in [1.29, 1.82) is 0 Å². The van der Waals surface area contributed by atoms with Crippen LogP contribution in [0.5, 0.6) is 0 Å². The molecule has 20 heavy (non-hydrogen) atoms. The molecule has 0 aliphatic carbocycles. The zero-order valence-electron chi connectivity index (χ0n) is 11.0. The Labute approximate surface area is 118 Å². The van der Waals surface area contributed by atoms with Gasteiger partial charge in [0.1, 0.15) is 0 Å². The highest BCUT2D eigenvalue weighted by molar-refractivity contribution is 5.88. The lowest BCUT2D eigenvalue weighted by Gasteiger charge is -2.13. The predicted octanol–water partition coefficient (Wildman–Crippen LogP) is 4.11. The first kappa shape index (κ1) is 12.5. The number of hydrazine groups is 1. The van der Waals surface area contributed by atoms with Gasteiger partial charge in [-0.3, -0.25) is 5.84 Å². The van der Waals surface area contributed by atoms with Crippen LogP contribution in [0.15, 0.2) is 72.8 Å². The molecule has 1 radical (unpaired) electrons. The van der Waals surface area contributed by atoms with Crippen LogP contribution in [0.4, 0.5) is 5.69 Å². The predicted molar refractivity (Wildman–Crippen MR) is 84.0 cm³/mol. The molecule has 2 heteroatoms. The average molecular weight is 259 g/mol. The molecule has 3 rings (SSSR count). The van der Waals surface area contributed by atoms with Crippen molar-refractivity contribution in [2.24, 2.45) is 5.84 Å². The Hall–Kier alpha value is -2.58. The van der Waals surface area contributed by atoms with E-state index in [1.807, 2.05) is 48.5 Å². The second-order valence-corrected chi connectivity index (χ2v) is 4.51. The van der Waals surface area contributed by atoms with E-state index in [1.165, 1.54) is 0 Å². The molecule has 0 bridgehead atoms. The van der Waals surface area contributed by atoms with Crippen LogP contribution < -0.4 is 11.3 Å². The lowest BCUT2D eigenvalue weighted by molar-refractivity contribution is 1.35. The van der Waals surface area contributed by atoms with E-state index in [9.17, 15) is 0 Å². The number of nitrogens with one attached hydrogen (secondary N) is 1. The second-order valence-electron chi connectivity index (χ2n) is 4.51. The molecule has 0 fully saturated rings. The van der Waals surface area contributed by atoms with Gasteiger partial charge in [-0.2, -0.15) is 0 Å². The lowest BCUT2D eigenvalue weighted by atomic mass is 9.94. The van der Waals surface area contributed by atoms with Gasteiger partial charge >= 0.3 is 0 Å². The summed E-state index contributed by atoms with van der Waals surface area (Å²) in [6, 6.07) is 27.6. The third-order valence-corrected chi connectivity index (χ3v) is 3.29. The van der Waals surface area contributed by atoms with E-state index in [-0.39, 0.29) is 0 Å². The summed E-state index contributed by atoms with van der Waals surface area (Å²) in [6.07, 6.45) is 0. The number of rotatable bonds is 3. The maximum atomic E-state index is 5.62. The number of para-hydroxylation sites is 1. The summed E-state index contributed by atoms with van der Waals surface area (Å²) in [4.78, 5) is 0. The molecule has 0 saturated carbocycles. The van der Waals surface area contributed by atoms with Crippen molar-refractivity contribution in [1.82, 2.24) is 0 Å². The first-order valence-electron chi connectivity index (χ1n) is 6.52. The maximum Gasteiger partial charge on any atom is 0.0563 e. The first-order valence-corrected chi connectivity index (χ1v) is 6.52. The number of benzene rings is 3. The van der Waals surface area contributed by atoms with Gasteiger partial charge in [-0.1, -0.05) is 66.7 Å². The SMILES string of the molecule is NNc1ccccc1-c1ccc[c]c1-c1ccccc1. The Kier molecular flexibility index (Phi) is 3.48. The molecule has 3 aromatic rings. The highest BCUT2D eigenvalue weighted by Crippen LogP contribution is 2.35. The van der Waals surface area contributed by atoms with Gasteiger partial charge in [0.2, 0.25) is 0 Å². The van der Waals surface area contributed by atoms with Crippen molar-refractivity contribution < 1.29 is 0 Å². The largest absolute Gasteiger partial charge is 0.324 e. The monoisotopic (exact) mass is 259 g/mol. The van der Waals surface area contributed by atoms with Crippen LogP contribution in [0, 0.1) is 6.07 Å². The maximum absolute atomic E-state index is 5.62. The highest BCUT2D eigenvalue weighted by Gasteiger charge is 2.09. The van der Waals surface area contributed by atoms with E-state index in [4.69, 9.17) is 5.84 Å². The van der Waals surface area contributed by atoms with E-state index in [0.717, 1.165) is 27.9 Å². The van der Waals surface area contributed by atoms with E-state index in [2.05, 4.69) is 35.8 Å². The van der Waals surface area contributed by atoms with E-state index < -0.39 is 0 Å². The van der Waals surface area contributed by atoms with Crippen molar-refractivity contribution in [3.63, 3.8) is 0 Å². The van der Waals surface area contributed by atoms with Crippen LogP contribution in [-0.2, 0) is 0 Å². The molecule has 0 aromatic heterocycles. The molecule has 0 saturated heterocycles. The number of nitrogen functional groups attached to an aromatic ring is 1. The Balaban J connectivity index is 2.20. The number of hydrogen-bond donors (Lipinski definition) is 2. The molecule has 0 aliphatic heterocycles. The Morgan fingerprint density at radius 1 is 0.750 bits per heavy atom. The van der Waals surface area contributed by atoms with Crippen molar-refractivity contribution in [3.05, 3.63) is 78.9 Å². The van der Waals surface area contributed by atoms with Crippen molar-refractivity contribution in [2.45, 2.75) is 0 Å². The summed E-state index contributed by atoms with van der Waals surface area (Å²) in [5.74, 6) is 5.62. The molecule has 0 amide bonds. The summed E-state index contributed by atoms with van der Waals surface area (Å²) in [5.41, 5.74) is 8.09. The molecule has 0 atom stereocenters. The van der Waals surface area contributed by atoms with Gasteiger partial charge in [0.25, 0.3) is 0 Å². The third kappa shape index (κ3) is 2.29. The standard InChI is InChI=1S/C18H15N2/c19-20-18-13-7-6-12-17(18)16-11-5-4-10-15(16)14-8-2-1-3-9-14/h1-9,11-13,20H,19H2. The molecule has 97 valence electrons. The van der Waals surface area contributed by atoms with Crippen LogP contribution >= 0.6 is 0 Å². The first-order chi connectivity index (χ1) is 9.90. The van der Waals surface area contributed by atoms with Crippen LogP contribution in [0.2, 0.25) is 0 Å². The van der Waals surface area contributed by atoms with Gasteiger partial charge in [0.15, 0.2) is 0 Å². The van der Waals surface area contributed by atoms with E-state index in [1.54, 1.807) is 0 Å². The smallest absolute Gasteiger partial charge is 0.0563 e. The molecule has 2 nitrogen and oxygen atoms in total. The number of anilines is 1. The molecular weight excluding hydrogens is 244 g/mol. The minimum atomic E-state index is 0.907. The van der Waals surface area contributed by atoms with Gasteiger partial charge in [-0.25, -0.2) is 0 Å². The Morgan fingerprint density at radius 2 is 1.45 bits per heavy atom. The molecule has 3 aromatic carbocycles. The molecule has 0 spiro atoms. The zero-order chi connectivity index (χ0) is 13.8.